The van der Waals surface area contributed by atoms with Crippen LogP contribution in [-0.2, 0) is 13.5 Å². The minimum atomic E-state index is 0.127. The van der Waals surface area contributed by atoms with Crippen LogP contribution in [-0.4, -0.2) is 24.9 Å². The van der Waals surface area contributed by atoms with Gasteiger partial charge in [0, 0.05) is 24.4 Å². The van der Waals surface area contributed by atoms with Crippen molar-refractivity contribution in [2.45, 2.75) is 40.0 Å². The van der Waals surface area contributed by atoms with Crippen LogP contribution in [0.4, 0.5) is 0 Å². The minimum Gasteiger partial charge on any atom is -0.339 e. The minimum absolute atomic E-state index is 0.127. The molecule has 23 heavy (non-hydrogen) atoms. The van der Waals surface area contributed by atoms with Gasteiger partial charge in [-0.25, -0.2) is 4.98 Å². The Kier molecular flexibility index (Phi) is 3.98. The Morgan fingerprint density at radius 2 is 1.96 bits per heavy atom. The molecule has 0 aromatic carbocycles. The summed E-state index contributed by atoms with van der Waals surface area (Å²) >= 11 is 0. The Morgan fingerprint density at radius 3 is 2.61 bits per heavy atom. The van der Waals surface area contributed by atoms with Gasteiger partial charge in [0.2, 0.25) is 11.7 Å². The van der Waals surface area contributed by atoms with E-state index in [0.717, 1.165) is 23.5 Å². The molecule has 0 aliphatic rings. The Morgan fingerprint density at radius 1 is 1.17 bits per heavy atom. The van der Waals surface area contributed by atoms with Crippen molar-refractivity contribution in [3.05, 3.63) is 46.7 Å². The Labute approximate surface area is 135 Å². The fourth-order valence-electron chi connectivity index (χ4n) is 2.71. The van der Waals surface area contributed by atoms with Gasteiger partial charge in [-0.1, -0.05) is 18.1 Å². The van der Waals surface area contributed by atoms with Crippen LogP contribution < -0.4 is 0 Å². The first kappa shape index (κ1) is 15.4. The molecule has 3 rings (SSSR count). The molecule has 3 heterocycles. The molecule has 0 aliphatic heterocycles. The van der Waals surface area contributed by atoms with E-state index in [0.29, 0.717) is 11.7 Å². The second-order valence-electron chi connectivity index (χ2n) is 6.00. The number of hydrogen-bond donors (Lipinski definition) is 0. The smallest absolute Gasteiger partial charge is 0.230 e. The summed E-state index contributed by atoms with van der Waals surface area (Å²) in [7, 11) is 1.96. The molecule has 0 aliphatic carbocycles. The first-order valence-electron chi connectivity index (χ1n) is 7.72. The Hall–Kier alpha value is -2.50. The lowest BCUT2D eigenvalue weighted by atomic mass is 9.99. The summed E-state index contributed by atoms with van der Waals surface area (Å²) < 4.78 is 7.36. The molecule has 0 N–H and O–H groups in total. The van der Waals surface area contributed by atoms with Crippen molar-refractivity contribution in [1.82, 2.24) is 24.9 Å². The van der Waals surface area contributed by atoms with Crippen LogP contribution in [0.25, 0.3) is 11.5 Å². The average Bonchev–Trinajstić information content (AvgIpc) is 3.09. The average molecular weight is 311 g/mol. The summed E-state index contributed by atoms with van der Waals surface area (Å²) in [6, 6.07) is 5.78. The second kappa shape index (κ2) is 5.95. The van der Waals surface area contributed by atoms with Gasteiger partial charge in [0.25, 0.3) is 0 Å². The molecular weight excluding hydrogens is 290 g/mol. The molecule has 0 spiro atoms. The standard InChI is InChI=1S/C17H21N5O/c1-10(9-14-12(3)20-22(5)13(14)4)17-19-16(21-23-17)15-8-6-7-11(2)18-15/h6-8,10H,9H2,1-5H3. The van der Waals surface area contributed by atoms with E-state index < -0.39 is 0 Å². The number of aromatic nitrogens is 5. The van der Waals surface area contributed by atoms with Gasteiger partial charge in [0.05, 0.1) is 5.69 Å². The van der Waals surface area contributed by atoms with Crippen LogP contribution in [0.5, 0.6) is 0 Å². The van der Waals surface area contributed by atoms with Gasteiger partial charge in [0.15, 0.2) is 0 Å². The summed E-state index contributed by atoms with van der Waals surface area (Å²) in [5.74, 6) is 1.30. The Bertz CT molecular complexity index is 833. The zero-order valence-corrected chi connectivity index (χ0v) is 14.2. The van der Waals surface area contributed by atoms with Crippen LogP contribution in [0.3, 0.4) is 0 Å². The molecule has 1 unspecified atom stereocenters. The molecule has 3 aromatic rings. The van der Waals surface area contributed by atoms with Gasteiger partial charge < -0.3 is 4.52 Å². The highest BCUT2D eigenvalue weighted by Crippen LogP contribution is 2.24. The maximum Gasteiger partial charge on any atom is 0.230 e. The van der Waals surface area contributed by atoms with E-state index in [9.17, 15) is 0 Å². The van der Waals surface area contributed by atoms with Crippen LogP contribution in [0.1, 0.15) is 41.4 Å². The molecule has 0 bridgehead atoms. The first-order chi connectivity index (χ1) is 11.0. The molecule has 120 valence electrons. The number of aryl methyl sites for hydroxylation is 3. The molecule has 0 amide bonds. The van der Waals surface area contributed by atoms with Gasteiger partial charge in [0.1, 0.15) is 5.69 Å². The highest BCUT2D eigenvalue weighted by atomic mass is 16.5. The zero-order chi connectivity index (χ0) is 16.6. The molecule has 6 nitrogen and oxygen atoms in total. The first-order valence-corrected chi connectivity index (χ1v) is 7.72. The molecule has 3 aromatic heterocycles. The van der Waals surface area contributed by atoms with Gasteiger partial charge in [-0.3, -0.25) is 4.68 Å². The molecule has 0 saturated heterocycles. The molecular formula is C17H21N5O. The van der Waals surface area contributed by atoms with Gasteiger partial charge in [-0.15, -0.1) is 0 Å². The van der Waals surface area contributed by atoms with Crippen molar-refractivity contribution >= 4 is 0 Å². The maximum absolute atomic E-state index is 5.45. The number of rotatable bonds is 4. The van der Waals surface area contributed by atoms with Crippen molar-refractivity contribution < 1.29 is 4.52 Å². The number of nitrogens with zero attached hydrogens (tertiary/aromatic N) is 5. The fraction of sp³-hybridized carbons (Fsp3) is 0.412. The van der Waals surface area contributed by atoms with E-state index >= 15 is 0 Å². The summed E-state index contributed by atoms with van der Waals surface area (Å²) in [6.45, 7) is 8.15. The normalized spacial score (nSPS) is 12.6. The topological polar surface area (TPSA) is 69.6 Å². The monoisotopic (exact) mass is 311 g/mol. The van der Waals surface area contributed by atoms with Crippen LogP contribution in [0.2, 0.25) is 0 Å². The number of hydrogen-bond acceptors (Lipinski definition) is 5. The molecule has 1 atom stereocenters. The van der Waals surface area contributed by atoms with Crippen molar-refractivity contribution in [2.24, 2.45) is 7.05 Å². The lowest BCUT2D eigenvalue weighted by Gasteiger charge is -2.06. The van der Waals surface area contributed by atoms with E-state index in [1.165, 1.54) is 11.3 Å². The van der Waals surface area contributed by atoms with E-state index in [4.69, 9.17) is 4.52 Å². The highest BCUT2D eigenvalue weighted by Gasteiger charge is 2.20. The van der Waals surface area contributed by atoms with E-state index in [2.05, 4.69) is 34.1 Å². The lowest BCUT2D eigenvalue weighted by molar-refractivity contribution is 0.358. The predicted molar refractivity (Wildman–Crippen MR) is 87.1 cm³/mol. The van der Waals surface area contributed by atoms with Crippen molar-refractivity contribution in [3.8, 4) is 11.5 Å². The zero-order valence-electron chi connectivity index (χ0n) is 14.2. The van der Waals surface area contributed by atoms with Gasteiger partial charge in [-0.05, 0) is 44.9 Å². The fourth-order valence-corrected chi connectivity index (χ4v) is 2.71. The van der Waals surface area contributed by atoms with Crippen LogP contribution in [0, 0.1) is 20.8 Å². The SMILES string of the molecule is Cc1cccc(-c2noc(C(C)Cc3c(C)nn(C)c3C)n2)n1. The molecule has 6 heteroatoms. The molecule has 0 radical (unpaired) electrons. The predicted octanol–water partition coefficient (Wildman–Crippen LogP) is 3.14. The largest absolute Gasteiger partial charge is 0.339 e. The van der Waals surface area contributed by atoms with E-state index in [-0.39, 0.29) is 5.92 Å². The maximum atomic E-state index is 5.45. The number of pyridine rings is 1. The quantitative estimate of drug-likeness (QED) is 0.740. The van der Waals surface area contributed by atoms with Crippen molar-refractivity contribution in [2.75, 3.05) is 0 Å². The van der Waals surface area contributed by atoms with Crippen molar-refractivity contribution in [1.29, 1.82) is 0 Å². The van der Waals surface area contributed by atoms with Crippen LogP contribution >= 0.6 is 0 Å². The Balaban J connectivity index is 1.82. The lowest BCUT2D eigenvalue weighted by Crippen LogP contribution is -2.02. The third-order valence-electron chi connectivity index (χ3n) is 4.15. The summed E-state index contributed by atoms with van der Waals surface area (Å²) in [4.78, 5) is 8.95. The van der Waals surface area contributed by atoms with E-state index in [1.54, 1.807) is 0 Å². The summed E-state index contributed by atoms with van der Waals surface area (Å²) in [5.41, 5.74) is 5.14. The molecule has 0 fully saturated rings. The summed E-state index contributed by atoms with van der Waals surface area (Å²) in [5, 5.41) is 8.53. The second-order valence-corrected chi connectivity index (χ2v) is 6.00. The van der Waals surface area contributed by atoms with Gasteiger partial charge in [-0.2, -0.15) is 10.1 Å². The van der Waals surface area contributed by atoms with Crippen LogP contribution in [0.15, 0.2) is 22.7 Å². The van der Waals surface area contributed by atoms with Gasteiger partial charge >= 0.3 is 0 Å². The van der Waals surface area contributed by atoms with E-state index in [1.807, 2.05) is 43.8 Å². The molecule has 0 saturated carbocycles. The third-order valence-corrected chi connectivity index (χ3v) is 4.15. The summed E-state index contributed by atoms with van der Waals surface area (Å²) in [6.07, 6.45) is 0.828. The highest BCUT2D eigenvalue weighted by molar-refractivity contribution is 5.48. The van der Waals surface area contributed by atoms with Crippen molar-refractivity contribution in [3.63, 3.8) is 0 Å². The third kappa shape index (κ3) is 3.02.